The van der Waals surface area contributed by atoms with Gasteiger partial charge in [0.05, 0.1) is 5.69 Å². The van der Waals surface area contributed by atoms with Gasteiger partial charge in [0.15, 0.2) is 0 Å². The number of carbonyl (C=O) groups excluding carboxylic acids is 1. The van der Waals surface area contributed by atoms with Crippen LogP contribution < -0.4 is 5.32 Å². The summed E-state index contributed by atoms with van der Waals surface area (Å²) in [4.78, 5) is 27.2. The molecule has 0 aromatic carbocycles. The maximum atomic E-state index is 11.9. The van der Waals surface area contributed by atoms with E-state index in [0.717, 1.165) is 17.0 Å². The average molecular weight is 289 g/mol. The molecule has 2 heterocycles. The minimum atomic E-state index is -1.00. The van der Waals surface area contributed by atoms with E-state index in [1.807, 2.05) is 35.7 Å². The lowest BCUT2D eigenvalue weighted by Gasteiger charge is -2.12. The molecule has 1 unspecified atom stereocenters. The molecular formula is C15H19N3O3. The molecule has 6 heteroatoms. The Labute approximate surface area is 122 Å². The molecule has 0 aliphatic carbocycles. The molecule has 0 aliphatic rings. The fraction of sp³-hybridized carbons (Fsp3) is 0.400. The van der Waals surface area contributed by atoms with E-state index in [1.165, 1.54) is 0 Å². The lowest BCUT2D eigenvalue weighted by atomic mass is 10.1. The van der Waals surface area contributed by atoms with Crippen LogP contribution in [0.2, 0.25) is 0 Å². The number of aliphatic carboxylic acids is 1. The number of carboxylic acid groups (broad SMARTS) is 1. The zero-order valence-electron chi connectivity index (χ0n) is 12.2. The van der Waals surface area contributed by atoms with Gasteiger partial charge >= 0.3 is 5.97 Å². The Morgan fingerprint density at radius 3 is 2.86 bits per heavy atom. The van der Waals surface area contributed by atoms with Gasteiger partial charge in [-0.15, -0.1) is 0 Å². The number of pyridine rings is 1. The number of aromatic nitrogens is 2. The summed E-state index contributed by atoms with van der Waals surface area (Å²) in [6, 6.07) is 4.92. The number of nitrogens with zero attached hydrogens (tertiary/aromatic N) is 2. The van der Waals surface area contributed by atoms with Crippen molar-refractivity contribution in [3.63, 3.8) is 0 Å². The van der Waals surface area contributed by atoms with Crippen LogP contribution in [-0.2, 0) is 16.0 Å². The molecule has 0 saturated carbocycles. The highest BCUT2D eigenvalue weighted by molar-refractivity contribution is 5.83. The van der Waals surface area contributed by atoms with Crippen LogP contribution >= 0.6 is 0 Å². The van der Waals surface area contributed by atoms with Crippen molar-refractivity contribution in [2.24, 2.45) is 0 Å². The van der Waals surface area contributed by atoms with Gasteiger partial charge in [-0.2, -0.15) is 0 Å². The lowest BCUT2D eigenvalue weighted by molar-refractivity contribution is -0.141. The first kappa shape index (κ1) is 15.0. The Balaban J connectivity index is 2.03. The SMILES string of the molecule is CCC(NC(=O)CCc1c(C)nc2ccccn12)C(=O)O. The second kappa shape index (κ2) is 6.39. The van der Waals surface area contributed by atoms with Crippen LogP contribution in [0.1, 0.15) is 31.2 Å². The number of nitrogens with one attached hydrogen (secondary N) is 1. The zero-order chi connectivity index (χ0) is 15.4. The van der Waals surface area contributed by atoms with Crippen LogP contribution in [0.4, 0.5) is 0 Å². The summed E-state index contributed by atoms with van der Waals surface area (Å²) in [5.41, 5.74) is 2.71. The molecule has 0 spiro atoms. The number of carboxylic acids is 1. The summed E-state index contributed by atoms with van der Waals surface area (Å²) in [6.07, 6.45) is 3.05. The molecule has 2 aromatic heterocycles. The zero-order valence-corrected chi connectivity index (χ0v) is 12.2. The average Bonchev–Trinajstić information content (AvgIpc) is 2.77. The molecule has 0 bridgehead atoms. The Hall–Kier alpha value is -2.37. The Morgan fingerprint density at radius 1 is 1.43 bits per heavy atom. The number of fused-ring (bicyclic) bond motifs is 1. The summed E-state index contributed by atoms with van der Waals surface area (Å²) < 4.78 is 1.96. The van der Waals surface area contributed by atoms with Gasteiger partial charge in [0, 0.05) is 18.3 Å². The summed E-state index contributed by atoms with van der Waals surface area (Å²) in [5.74, 6) is -1.26. The largest absolute Gasteiger partial charge is 0.480 e. The number of hydrogen-bond donors (Lipinski definition) is 2. The summed E-state index contributed by atoms with van der Waals surface area (Å²) >= 11 is 0. The standard InChI is InChI=1S/C15H19N3O3/c1-3-11(15(20)21)17-14(19)8-7-12-10(2)16-13-6-4-5-9-18(12)13/h4-6,9,11H,3,7-8H2,1-2H3,(H,17,19)(H,20,21). The van der Waals surface area contributed by atoms with E-state index in [9.17, 15) is 9.59 Å². The molecule has 1 atom stereocenters. The minimum Gasteiger partial charge on any atom is -0.480 e. The van der Waals surface area contributed by atoms with Gasteiger partial charge in [0.25, 0.3) is 0 Å². The molecule has 2 rings (SSSR count). The van der Waals surface area contributed by atoms with Crippen LogP contribution in [-0.4, -0.2) is 32.4 Å². The van der Waals surface area contributed by atoms with E-state index in [4.69, 9.17) is 5.11 Å². The normalized spacial score (nSPS) is 12.3. The number of carbonyl (C=O) groups is 2. The van der Waals surface area contributed by atoms with E-state index >= 15 is 0 Å². The molecule has 0 saturated heterocycles. The number of hydrogen-bond acceptors (Lipinski definition) is 3. The van der Waals surface area contributed by atoms with Crippen molar-refractivity contribution in [3.05, 3.63) is 35.8 Å². The third kappa shape index (κ3) is 3.39. The van der Waals surface area contributed by atoms with Crippen molar-refractivity contribution in [2.75, 3.05) is 0 Å². The van der Waals surface area contributed by atoms with E-state index in [0.29, 0.717) is 12.8 Å². The molecule has 112 valence electrons. The van der Waals surface area contributed by atoms with Crippen LogP contribution in [0.25, 0.3) is 5.65 Å². The Bertz CT molecular complexity index is 663. The van der Waals surface area contributed by atoms with Gasteiger partial charge in [-0.05, 0) is 31.9 Å². The number of imidazole rings is 1. The second-order valence-electron chi connectivity index (χ2n) is 4.94. The number of rotatable bonds is 6. The molecule has 0 fully saturated rings. The van der Waals surface area contributed by atoms with Crippen LogP contribution in [0.5, 0.6) is 0 Å². The van der Waals surface area contributed by atoms with Crippen molar-refractivity contribution in [1.29, 1.82) is 0 Å². The van der Waals surface area contributed by atoms with Gasteiger partial charge in [0.1, 0.15) is 11.7 Å². The minimum absolute atomic E-state index is 0.243. The van der Waals surface area contributed by atoms with E-state index in [2.05, 4.69) is 10.3 Å². The second-order valence-corrected chi connectivity index (χ2v) is 4.94. The topological polar surface area (TPSA) is 83.7 Å². The number of amides is 1. The predicted molar refractivity (Wildman–Crippen MR) is 78.1 cm³/mol. The maximum absolute atomic E-state index is 11.9. The highest BCUT2D eigenvalue weighted by Crippen LogP contribution is 2.13. The van der Waals surface area contributed by atoms with Crippen molar-refractivity contribution in [1.82, 2.24) is 14.7 Å². The molecule has 0 aliphatic heterocycles. The molecule has 6 nitrogen and oxygen atoms in total. The molecule has 2 aromatic rings. The van der Waals surface area contributed by atoms with Gasteiger partial charge in [-0.1, -0.05) is 13.0 Å². The quantitative estimate of drug-likeness (QED) is 0.845. The van der Waals surface area contributed by atoms with E-state index in [1.54, 1.807) is 6.92 Å². The predicted octanol–water partition coefficient (Wildman–Crippen LogP) is 1.55. The Kier molecular flexibility index (Phi) is 4.57. The van der Waals surface area contributed by atoms with Crippen LogP contribution in [0, 0.1) is 6.92 Å². The van der Waals surface area contributed by atoms with Crippen molar-refractivity contribution in [2.45, 2.75) is 39.2 Å². The Morgan fingerprint density at radius 2 is 2.19 bits per heavy atom. The molecule has 2 N–H and O–H groups in total. The fourth-order valence-corrected chi connectivity index (χ4v) is 2.30. The van der Waals surface area contributed by atoms with Crippen molar-refractivity contribution < 1.29 is 14.7 Å². The maximum Gasteiger partial charge on any atom is 0.326 e. The van der Waals surface area contributed by atoms with Gasteiger partial charge in [-0.3, -0.25) is 4.79 Å². The first-order chi connectivity index (χ1) is 10.0. The number of aryl methyl sites for hydroxylation is 2. The smallest absolute Gasteiger partial charge is 0.326 e. The molecule has 0 radical (unpaired) electrons. The monoisotopic (exact) mass is 289 g/mol. The van der Waals surface area contributed by atoms with Crippen LogP contribution in [0.3, 0.4) is 0 Å². The molecule has 21 heavy (non-hydrogen) atoms. The van der Waals surface area contributed by atoms with Gasteiger partial charge in [-0.25, -0.2) is 9.78 Å². The molecule has 1 amide bonds. The highest BCUT2D eigenvalue weighted by Gasteiger charge is 2.18. The third-order valence-electron chi connectivity index (χ3n) is 3.46. The van der Waals surface area contributed by atoms with E-state index in [-0.39, 0.29) is 12.3 Å². The molecular weight excluding hydrogens is 270 g/mol. The van der Waals surface area contributed by atoms with Gasteiger partial charge in [0.2, 0.25) is 5.91 Å². The van der Waals surface area contributed by atoms with Gasteiger partial charge < -0.3 is 14.8 Å². The van der Waals surface area contributed by atoms with Crippen molar-refractivity contribution in [3.8, 4) is 0 Å². The van der Waals surface area contributed by atoms with Crippen molar-refractivity contribution >= 4 is 17.5 Å². The highest BCUT2D eigenvalue weighted by atomic mass is 16.4. The van der Waals surface area contributed by atoms with E-state index < -0.39 is 12.0 Å². The first-order valence-corrected chi connectivity index (χ1v) is 6.97. The fourth-order valence-electron chi connectivity index (χ4n) is 2.30. The third-order valence-corrected chi connectivity index (χ3v) is 3.46. The summed E-state index contributed by atoms with van der Waals surface area (Å²) in [6.45, 7) is 3.64. The lowest BCUT2D eigenvalue weighted by Crippen LogP contribution is -2.40. The van der Waals surface area contributed by atoms with Crippen LogP contribution in [0.15, 0.2) is 24.4 Å². The summed E-state index contributed by atoms with van der Waals surface area (Å²) in [7, 11) is 0. The summed E-state index contributed by atoms with van der Waals surface area (Å²) in [5, 5.41) is 11.5. The first-order valence-electron chi connectivity index (χ1n) is 6.97.